The zero-order valence-electron chi connectivity index (χ0n) is 9.61. The molecule has 0 bridgehead atoms. The van der Waals surface area contributed by atoms with Gasteiger partial charge in [0.15, 0.2) is 5.78 Å². The smallest absolute Gasteiger partial charge is 0.232 e. The molecule has 0 radical (unpaired) electrons. The SMILES string of the molecule is C[C@@H]1O[C@H](C(C)(C)C)N2C(=O)CC(=O)[C@@H]12. The average molecular weight is 211 g/mol. The van der Waals surface area contributed by atoms with Crippen molar-refractivity contribution in [3.63, 3.8) is 0 Å². The molecule has 3 atom stereocenters. The van der Waals surface area contributed by atoms with Crippen LogP contribution in [0.1, 0.15) is 34.1 Å². The third kappa shape index (κ3) is 1.47. The highest BCUT2D eigenvalue weighted by Crippen LogP contribution is 2.38. The molecule has 1 amide bonds. The lowest BCUT2D eigenvalue weighted by Gasteiger charge is -2.32. The lowest BCUT2D eigenvalue weighted by Crippen LogP contribution is -2.44. The van der Waals surface area contributed by atoms with Crippen LogP contribution in [0.25, 0.3) is 0 Å². The highest BCUT2D eigenvalue weighted by atomic mass is 16.5. The molecular formula is C11H17NO3. The molecule has 2 saturated heterocycles. The maximum atomic E-state index is 11.7. The Morgan fingerprint density at radius 1 is 1.33 bits per heavy atom. The molecular weight excluding hydrogens is 194 g/mol. The molecule has 0 unspecified atom stereocenters. The number of carbonyl (C=O) groups is 2. The van der Waals surface area contributed by atoms with Gasteiger partial charge in [0.1, 0.15) is 12.3 Å². The molecule has 0 aliphatic carbocycles. The van der Waals surface area contributed by atoms with Gasteiger partial charge in [-0.05, 0) is 6.92 Å². The zero-order chi connectivity index (χ0) is 11.4. The van der Waals surface area contributed by atoms with Gasteiger partial charge in [-0.1, -0.05) is 20.8 Å². The molecule has 0 aromatic heterocycles. The van der Waals surface area contributed by atoms with Crippen molar-refractivity contribution in [1.82, 2.24) is 4.90 Å². The molecule has 15 heavy (non-hydrogen) atoms. The van der Waals surface area contributed by atoms with Gasteiger partial charge >= 0.3 is 0 Å². The number of rotatable bonds is 0. The standard InChI is InChI=1S/C11H17NO3/c1-6-9-7(13)5-8(14)12(9)10(15-6)11(2,3)4/h6,9-10H,5H2,1-4H3/t6-,9+,10+/m0/s1. The topological polar surface area (TPSA) is 46.6 Å². The van der Waals surface area contributed by atoms with Crippen molar-refractivity contribution in [1.29, 1.82) is 0 Å². The Morgan fingerprint density at radius 3 is 2.47 bits per heavy atom. The van der Waals surface area contributed by atoms with E-state index in [1.165, 1.54) is 0 Å². The normalized spacial score (nSPS) is 36.3. The molecule has 0 saturated carbocycles. The quantitative estimate of drug-likeness (QED) is 0.560. The van der Waals surface area contributed by atoms with Crippen molar-refractivity contribution < 1.29 is 14.3 Å². The first kappa shape index (κ1) is 10.6. The monoisotopic (exact) mass is 211 g/mol. The van der Waals surface area contributed by atoms with Gasteiger partial charge in [0.25, 0.3) is 0 Å². The van der Waals surface area contributed by atoms with E-state index >= 15 is 0 Å². The van der Waals surface area contributed by atoms with E-state index in [1.807, 2.05) is 27.7 Å². The Labute approximate surface area is 89.6 Å². The van der Waals surface area contributed by atoms with Crippen LogP contribution in [0.15, 0.2) is 0 Å². The van der Waals surface area contributed by atoms with Gasteiger partial charge in [0.2, 0.25) is 5.91 Å². The Morgan fingerprint density at radius 2 is 1.93 bits per heavy atom. The summed E-state index contributed by atoms with van der Waals surface area (Å²) in [5.74, 6) is -0.0893. The molecule has 0 aromatic rings. The van der Waals surface area contributed by atoms with Crippen molar-refractivity contribution in [3.05, 3.63) is 0 Å². The molecule has 4 heteroatoms. The fraction of sp³-hybridized carbons (Fsp3) is 0.818. The van der Waals surface area contributed by atoms with Crippen LogP contribution >= 0.6 is 0 Å². The minimum atomic E-state index is -0.346. The van der Waals surface area contributed by atoms with Crippen molar-refractivity contribution in [2.24, 2.45) is 5.41 Å². The summed E-state index contributed by atoms with van der Waals surface area (Å²) < 4.78 is 5.72. The number of ether oxygens (including phenoxy) is 1. The van der Waals surface area contributed by atoms with Crippen LogP contribution in [-0.4, -0.2) is 35.0 Å². The summed E-state index contributed by atoms with van der Waals surface area (Å²) in [6.45, 7) is 7.91. The molecule has 2 rings (SSSR count). The number of fused-ring (bicyclic) bond motifs is 1. The largest absolute Gasteiger partial charge is 0.352 e. The molecule has 0 spiro atoms. The summed E-state index contributed by atoms with van der Waals surface area (Å²) in [4.78, 5) is 24.9. The number of carbonyl (C=O) groups excluding carboxylic acids is 2. The predicted molar refractivity (Wildman–Crippen MR) is 54.0 cm³/mol. The number of Topliss-reactive ketones (excluding diaryl/α,β-unsaturated/α-hetero) is 1. The van der Waals surface area contributed by atoms with Crippen LogP contribution in [0.5, 0.6) is 0 Å². The summed E-state index contributed by atoms with van der Waals surface area (Å²) in [5.41, 5.74) is -0.150. The fourth-order valence-corrected chi connectivity index (χ4v) is 2.38. The Kier molecular flexibility index (Phi) is 2.15. The second-order valence-corrected chi connectivity index (χ2v) is 5.45. The highest BCUT2D eigenvalue weighted by molar-refractivity contribution is 6.08. The fourth-order valence-electron chi connectivity index (χ4n) is 2.38. The number of nitrogens with zero attached hydrogens (tertiary/aromatic N) is 1. The third-order valence-corrected chi connectivity index (χ3v) is 3.02. The second kappa shape index (κ2) is 3.04. The minimum Gasteiger partial charge on any atom is -0.352 e. The maximum Gasteiger partial charge on any atom is 0.232 e. The first-order valence-corrected chi connectivity index (χ1v) is 5.31. The average Bonchev–Trinajstić information content (AvgIpc) is 2.53. The molecule has 2 fully saturated rings. The van der Waals surface area contributed by atoms with Gasteiger partial charge in [-0.25, -0.2) is 0 Å². The Hall–Kier alpha value is -0.900. The third-order valence-electron chi connectivity index (χ3n) is 3.02. The van der Waals surface area contributed by atoms with Gasteiger partial charge in [-0.2, -0.15) is 0 Å². The zero-order valence-corrected chi connectivity index (χ0v) is 9.61. The van der Waals surface area contributed by atoms with Crippen molar-refractivity contribution in [2.75, 3.05) is 0 Å². The van der Waals surface area contributed by atoms with E-state index in [2.05, 4.69) is 0 Å². The lowest BCUT2D eigenvalue weighted by atomic mass is 9.93. The molecule has 4 nitrogen and oxygen atoms in total. The summed E-state index contributed by atoms with van der Waals surface area (Å²) in [6, 6.07) is -0.346. The first-order valence-electron chi connectivity index (χ1n) is 5.31. The number of ketones is 1. The Bertz CT molecular complexity index is 318. The van der Waals surface area contributed by atoms with Gasteiger partial charge in [-0.3, -0.25) is 9.59 Å². The van der Waals surface area contributed by atoms with Crippen LogP contribution in [-0.2, 0) is 14.3 Å². The highest BCUT2D eigenvalue weighted by Gasteiger charge is 2.54. The molecule has 2 aliphatic rings. The molecule has 2 aliphatic heterocycles. The molecule has 0 N–H and O–H groups in total. The van der Waals surface area contributed by atoms with E-state index in [9.17, 15) is 9.59 Å². The van der Waals surface area contributed by atoms with Gasteiger partial charge < -0.3 is 9.64 Å². The van der Waals surface area contributed by atoms with Crippen LogP contribution in [0, 0.1) is 5.41 Å². The van der Waals surface area contributed by atoms with Crippen molar-refractivity contribution >= 4 is 11.7 Å². The second-order valence-electron chi connectivity index (χ2n) is 5.45. The van der Waals surface area contributed by atoms with E-state index < -0.39 is 0 Å². The number of hydrogen-bond donors (Lipinski definition) is 0. The van der Waals surface area contributed by atoms with Gasteiger partial charge in [0.05, 0.1) is 12.5 Å². The van der Waals surface area contributed by atoms with Gasteiger partial charge in [-0.15, -0.1) is 0 Å². The number of hydrogen-bond acceptors (Lipinski definition) is 3. The van der Waals surface area contributed by atoms with Crippen molar-refractivity contribution in [2.45, 2.75) is 52.5 Å². The molecule has 2 heterocycles. The van der Waals surface area contributed by atoms with Gasteiger partial charge in [0, 0.05) is 5.41 Å². The summed E-state index contributed by atoms with van der Waals surface area (Å²) in [5, 5.41) is 0. The minimum absolute atomic E-state index is 0.000694. The Balaban J connectivity index is 2.33. The first-order chi connectivity index (χ1) is 6.82. The van der Waals surface area contributed by atoms with Crippen LogP contribution in [0.4, 0.5) is 0 Å². The van der Waals surface area contributed by atoms with E-state index in [1.54, 1.807) is 4.90 Å². The summed E-state index contributed by atoms with van der Waals surface area (Å²) in [7, 11) is 0. The molecule has 0 aromatic carbocycles. The van der Waals surface area contributed by atoms with Crippen molar-refractivity contribution in [3.8, 4) is 0 Å². The van der Waals surface area contributed by atoms with E-state index in [0.717, 1.165) is 0 Å². The number of amides is 1. The van der Waals surface area contributed by atoms with E-state index in [0.29, 0.717) is 0 Å². The summed E-state index contributed by atoms with van der Waals surface area (Å²) >= 11 is 0. The summed E-state index contributed by atoms with van der Waals surface area (Å²) in [6.07, 6.45) is -0.394. The predicted octanol–water partition coefficient (Wildman–Crippen LogP) is 0.947. The van der Waals surface area contributed by atoms with E-state index in [4.69, 9.17) is 4.74 Å². The molecule has 84 valence electrons. The van der Waals surface area contributed by atoms with Crippen LogP contribution < -0.4 is 0 Å². The van der Waals surface area contributed by atoms with E-state index in [-0.39, 0.29) is 41.9 Å². The van der Waals surface area contributed by atoms with Crippen LogP contribution in [0.3, 0.4) is 0 Å². The van der Waals surface area contributed by atoms with Crippen LogP contribution in [0.2, 0.25) is 0 Å². The lowest BCUT2D eigenvalue weighted by molar-refractivity contribution is -0.140. The maximum absolute atomic E-state index is 11.7.